The first-order chi connectivity index (χ1) is 10.3. The maximum Gasteiger partial charge on any atom is 0.183 e. The van der Waals surface area contributed by atoms with Crippen LogP contribution >= 0.6 is 11.3 Å². The summed E-state index contributed by atoms with van der Waals surface area (Å²) in [6.45, 7) is 5.19. The fourth-order valence-corrected chi connectivity index (χ4v) is 3.48. The normalized spacial score (nSPS) is 11.1. The Labute approximate surface area is 129 Å². The summed E-state index contributed by atoms with van der Waals surface area (Å²) in [5.41, 5.74) is 2.19. The number of benzene rings is 1. The Kier molecular flexibility index (Phi) is 4.25. The zero-order valence-corrected chi connectivity index (χ0v) is 13.3. The van der Waals surface area contributed by atoms with Crippen LogP contribution in [0.4, 0.5) is 5.13 Å². The molecular formula is C17H20N2OS. The van der Waals surface area contributed by atoms with E-state index in [4.69, 9.17) is 4.42 Å². The molecule has 0 radical (unpaired) electrons. The summed E-state index contributed by atoms with van der Waals surface area (Å²) in [6.07, 6.45) is 2.94. The first kappa shape index (κ1) is 14.1. The summed E-state index contributed by atoms with van der Waals surface area (Å²) in [4.78, 5) is 6.04. The van der Waals surface area contributed by atoms with E-state index in [2.05, 4.69) is 36.3 Å². The molecule has 2 aromatic heterocycles. The third-order valence-corrected chi connectivity index (χ3v) is 4.76. The summed E-state index contributed by atoms with van der Waals surface area (Å²) >= 11 is 1.77. The van der Waals surface area contributed by atoms with Gasteiger partial charge in [0.1, 0.15) is 11.3 Å². The van der Waals surface area contributed by atoms with E-state index in [-0.39, 0.29) is 0 Å². The van der Waals surface area contributed by atoms with Crippen LogP contribution in [0.3, 0.4) is 0 Å². The molecule has 110 valence electrons. The van der Waals surface area contributed by atoms with E-state index in [1.807, 2.05) is 18.2 Å². The number of nitrogens with one attached hydrogen (secondary N) is 1. The quantitative estimate of drug-likeness (QED) is 0.719. The highest BCUT2D eigenvalue weighted by molar-refractivity contribution is 7.15. The van der Waals surface area contributed by atoms with Crippen molar-refractivity contribution in [1.29, 1.82) is 0 Å². The van der Waals surface area contributed by atoms with Crippen molar-refractivity contribution in [1.82, 2.24) is 4.98 Å². The molecule has 0 aliphatic rings. The maximum atomic E-state index is 5.82. The number of rotatable bonds is 6. The van der Waals surface area contributed by atoms with Gasteiger partial charge in [0.05, 0.1) is 5.69 Å². The zero-order valence-electron chi connectivity index (χ0n) is 12.5. The molecule has 0 amide bonds. The van der Waals surface area contributed by atoms with Crippen LogP contribution in [0.15, 0.2) is 34.7 Å². The number of furan rings is 1. The molecule has 3 nitrogen and oxygen atoms in total. The molecular weight excluding hydrogens is 280 g/mol. The fraction of sp³-hybridized carbons (Fsp3) is 0.353. The molecule has 3 aromatic rings. The van der Waals surface area contributed by atoms with Gasteiger partial charge < -0.3 is 9.73 Å². The Bertz CT molecular complexity index is 675. The van der Waals surface area contributed by atoms with Gasteiger partial charge in [-0.25, -0.2) is 4.98 Å². The molecule has 0 saturated heterocycles. The predicted molar refractivity (Wildman–Crippen MR) is 89.3 cm³/mol. The monoisotopic (exact) mass is 300 g/mol. The van der Waals surface area contributed by atoms with Crippen molar-refractivity contribution in [3.8, 4) is 0 Å². The van der Waals surface area contributed by atoms with Crippen LogP contribution in [0.1, 0.15) is 30.2 Å². The number of para-hydroxylation sites is 1. The third kappa shape index (κ3) is 3.10. The molecule has 1 N–H and O–H groups in total. The van der Waals surface area contributed by atoms with Gasteiger partial charge in [0, 0.05) is 23.2 Å². The van der Waals surface area contributed by atoms with Crippen LogP contribution in [0, 0.1) is 0 Å². The van der Waals surface area contributed by atoms with Crippen LogP contribution in [0.5, 0.6) is 0 Å². The molecule has 2 heterocycles. The molecule has 0 aliphatic heterocycles. The Hall–Kier alpha value is -1.81. The van der Waals surface area contributed by atoms with E-state index in [9.17, 15) is 0 Å². The Morgan fingerprint density at radius 1 is 1.19 bits per heavy atom. The van der Waals surface area contributed by atoms with Gasteiger partial charge >= 0.3 is 0 Å². The number of aryl methyl sites for hydroxylation is 2. The highest BCUT2D eigenvalue weighted by Gasteiger charge is 2.08. The number of nitrogens with zero attached hydrogens (tertiary/aromatic N) is 1. The van der Waals surface area contributed by atoms with Gasteiger partial charge in [0.25, 0.3) is 0 Å². The minimum atomic E-state index is 0.847. The minimum Gasteiger partial charge on any atom is -0.461 e. The first-order valence-corrected chi connectivity index (χ1v) is 8.31. The molecule has 1 aromatic carbocycles. The van der Waals surface area contributed by atoms with Gasteiger partial charge in [-0.15, -0.1) is 11.3 Å². The van der Waals surface area contributed by atoms with E-state index < -0.39 is 0 Å². The van der Waals surface area contributed by atoms with Crippen LogP contribution in [-0.4, -0.2) is 11.5 Å². The van der Waals surface area contributed by atoms with Gasteiger partial charge in [-0.3, -0.25) is 0 Å². The number of hydrogen-bond acceptors (Lipinski definition) is 4. The average Bonchev–Trinajstić information content (AvgIpc) is 3.09. The number of fused-ring (bicyclic) bond motifs is 1. The van der Waals surface area contributed by atoms with Crippen molar-refractivity contribution in [2.24, 2.45) is 0 Å². The van der Waals surface area contributed by atoms with Crippen LogP contribution < -0.4 is 5.32 Å². The molecule has 21 heavy (non-hydrogen) atoms. The topological polar surface area (TPSA) is 38.1 Å². The molecule has 3 rings (SSSR count). The van der Waals surface area contributed by atoms with Crippen molar-refractivity contribution in [2.45, 2.75) is 33.1 Å². The van der Waals surface area contributed by atoms with Gasteiger partial charge in [-0.05, 0) is 25.0 Å². The number of anilines is 1. The van der Waals surface area contributed by atoms with E-state index in [1.54, 1.807) is 11.3 Å². The zero-order chi connectivity index (χ0) is 14.7. The Balaban J connectivity index is 1.61. The van der Waals surface area contributed by atoms with E-state index in [0.717, 1.165) is 42.3 Å². The van der Waals surface area contributed by atoms with Crippen molar-refractivity contribution in [2.75, 3.05) is 11.9 Å². The lowest BCUT2D eigenvalue weighted by Gasteiger charge is -1.99. The lowest BCUT2D eigenvalue weighted by molar-refractivity contribution is 0.553. The van der Waals surface area contributed by atoms with E-state index >= 15 is 0 Å². The molecule has 0 aliphatic carbocycles. The lowest BCUT2D eigenvalue weighted by Crippen LogP contribution is -2.03. The SMILES string of the molecule is CCc1nc(NCCc2cc3ccccc3o2)sc1CC. The molecule has 4 heteroatoms. The summed E-state index contributed by atoms with van der Waals surface area (Å²) in [5.74, 6) is 1.02. The molecule has 0 atom stereocenters. The standard InChI is InChI=1S/C17H20N2OS/c1-3-14-16(4-2)21-17(19-14)18-10-9-13-11-12-7-5-6-8-15(12)20-13/h5-8,11H,3-4,9-10H2,1-2H3,(H,18,19). The summed E-state index contributed by atoms with van der Waals surface area (Å²) in [7, 11) is 0. The molecule has 0 fully saturated rings. The second-order valence-electron chi connectivity index (χ2n) is 5.02. The average molecular weight is 300 g/mol. The van der Waals surface area contributed by atoms with E-state index in [1.165, 1.54) is 16.0 Å². The van der Waals surface area contributed by atoms with Gasteiger partial charge in [0.2, 0.25) is 0 Å². The minimum absolute atomic E-state index is 0.847. The highest BCUT2D eigenvalue weighted by Crippen LogP contribution is 2.24. The summed E-state index contributed by atoms with van der Waals surface area (Å²) in [6, 6.07) is 10.2. The van der Waals surface area contributed by atoms with Gasteiger partial charge in [0.15, 0.2) is 5.13 Å². The number of thiazole rings is 1. The van der Waals surface area contributed by atoms with Gasteiger partial charge in [-0.1, -0.05) is 32.0 Å². The largest absolute Gasteiger partial charge is 0.461 e. The second-order valence-corrected chi connectivity index (χ2v) is 6.11. The maximum absolute atomic E-state index is 5.82. The number of aromatic nitrogens is 1. The smallest absolute Gasteiger partial charge is 0.183 e. The molecule has 0 bridgehead atoms. The molecule has 0 saturated carbocycles. The van der Waals surface area contributed by atoms with Crippen molar-refractivity contribution < 1.29 is 4.42 Å². The van der Waals surface area contributed by atoms with Crippen molar-refractivity contribution in [3.05, 3.63) is 46.7 Å². The number of hydrogen-bond donors (Lipinski definition) is 1. The van der Waals surface area contributed by atoms with E-state index in [0.29, 0.717) is 0 Å². The third-order valence-electron chi connectivity index (χ3n) is 3.56. The highest BCUT2D eigenvalue weighted by atomic mass is 32.1. The first-order valence-electron chi connectivity index (χ1n) is 7.50. The summed E-state index contributed by atoms with van der Waals surface area (Å²) < 4.78 is 5.82. The van der Waals surface area contributed by atoms with Crippen LogP contribution in [0.2, 0.25) is 0 Å². The van der Waals surface area contributed by atoms with Crippen molar-refractivity contribution in [3.63, 3.8) is 0 Å². The van der Waals surface area contributed by atoms with Crippen LogP contribution in [0.25, 0.3) is 11.0 Å². The summed E-state index contributed by atoms with van der Waals surface area (Å²) in [5, 5.41) is 5.61. The lowest BCUT2D eigenvalue weighted by atomic mass is 10.2. The Morgan fingerprint density at radius 2 is 2.05 bits per heavy atom. The fourth-order valence-electron chi connectivity index (χ4n) is 2.46. The Morgan fingerprint density at radius 3 is 2.76 bits per heavy atom. The van der Waals surface area contributed by atoms with Crippen molar-refractivity contribution >= 4 is 27.4 Å². The van der Waals surface area contributed by atoms with Gasteiger partial charge in [-0.2, -0.15) is 0 Å². The molecule has 0 unspecified atom stereocenters. The van der Waals surface area contributed by atoms with Crippen LogP contribution in [-0.2, 0) is 19.3 Å². The second kappa shape index (κ2) is 6.31. The predicted octanol–water partition coefficient (Wildman–Crippen LogP) is 4.67. The molecule has 0 spiro atoms.